The van der Waals surface area contributed by atoms with Crippen LogP contribution < -0.4 is 10.5 Å². The fraction of sp³-hybridized carbons (Fsp3) is 0. The van der Waals surface area contributed by atoms with Gasteiger partial charge in [0.25, 0.3) is 10.0 Å². The van der Waals surface area contributed by atoms with Gasteiger partial charge in [0.05, 0.1) is 0 Å². The van der Waals surface area contributed by atoms with Crippen molar-refractivity contribution < 1.29 is 12.8 Å². The smallest absolute Gasteiger partial charge is 0.264 e. The molecular weight excluding hydrogens is 299 g/mol. The normalized spacial score (nSPS) is 11.1. The standard InChI is InChI=1S/C13H11FN2O2S2/c14-11-3-1-2-4-12(11)20(17,18)16-10-7-5-9(6-8-10)13(15)19/h1-8,16H,(H2,15,19). The fourth-order valence-corrected chi connectivity index (χ4v) is 2.85. The van der Waals surface area contributed by atoms with Crippen molar-refractivity contribution >= 4 is 32.9 Å². The molecule has 2 aromatic carbocycles. The van der Waals surface area contributed by atoms with Gasteiger partial charge in [-0.25, -0.2) is 12.8 Å². The molecule has 2 rings (SSSR count). The summed E-state index contributed by atoms with van der Waals surface area (Å²) in [5.74, 6) is -0.806. The average molecular weight is 310 g/mol. The molecule has 3 N–H and O–H groups in total. The Morgan fingerprint density at radius 1 is 1.10 bits per heavy atom. The van der Waals surface area contributed by atoms with Crippen molar-refractivity contribution in [3.05, 3.63) is 59.9 Å². The van der Waals surface area contributed by atoms with Crippen LogP contribution in [0.3, 0.4) is 0 Å². The molecule has 0 aromatic heterocycles. The lowest BCUT2D eigenvalue weighted by Gasteiger charge is -2.09. The predicted molar refractivity (Wildman–Crippen MR) is 79.5 cm³/mol. The minimum Gasteiger partial charge on any atom is -0.389 e. The summed E-state index contributed by atoms with van der Waals surface area (Å²) in [5, 5.41) is 0. The van der Waals surface area contributed by atoms with Gasteiger partial charge in [-0.05, 0) is 36.4 Å². The van der Waals surface area contributed by atoms with E-state index in [1.54, 1.807) is 12.1 Å². The SMILES string of the molecule is NC(=S)c1ccc(NS(=O)(=O)c2ccccc2F)cc1. The number of anilines is 1. The zero-order chi connectivity index (χ0) is 14.8. The molecule has 0 unspecified atom stereocenters. The highest BCUT2D eigenvalue weighted by Crippen LogP contribution is 2.18. The van der Waals surface area contributed by atoms with Crippen LogP contribution in [0, 0.1) is 5.82 Å². The van der Waals surface area contributed by atoms with E-state index in [4.69, 9.17) is 18.0 Å². The van der Waals surface area contributed by atoms with Crippen LogP contribution in [0.1, 0.15) is 5.56 Å². The summed E-state index contributed by atoms with van der Waals surface area (Å²) in [6.07, 6.45) is 0. The van der Waals surface area contributed by atoms with Gasteiger partial charge in [-0.1, -0.05) is 24.4 Å². The van der Waals surface area contributed by atoms with E-state index in [1.165, 1.54) is 30.3 Å². The first-order valence-corrected chi connectivity index (χ1v) is 7.46. The summed E-state index contributed by atoms with van der Waals surface area (Å²) in [6.45, 7) is 0. The van der Waals surface area contributed by atoms with E-state index in [9.17, 15) is 12.8 Å². The summed E-state index contributed by atoms with van der Waals surface area (Å²) in [5.41, 5.74) is 6.36. The Labute approximate surface area is 121 Å². The number of benzene rings is 2. The molecule has 0 aliphatic carbocycles. The summed E-state index contributed by atoms with van der Waals surface area (Å²) >= 11 is 4.80. The van der Waals surface area contributed by atoms with Crippen molar-refractivity contribution in [1.29, 1.82) is 0 Å². The molecule has 0 aliphatic heterocycles. The first kappa shape index (κ1) is 14.4. The Morgan fingerprint density at radius 2 is 1.70 bits per heavy atom. The van der Waals surface area contributed by atoms with E-state index in [0.29, 0.717) is 11.3 Å². The van der Waals surface area contributed by atoms with Crippen LogP contribution in [0.2, 0.25) is 0 Å². The number of nitrogens with one attached hydrogen (secondary N) is 1. The van der Waals surface area contributed by atoms with Gasteiger partial charge in [0.1, 0.15) is 15.7 Å². The molecule has 20 heavy (non-hydrogen) atoms. The molecule has 0 atom stereocenters. The largest absolute Gasteiger partial charge is 0.389 e. The van der Waals surface area contributed by atoms with Gasteiger partial charge in [-0.3, -0.25) is 4.72 Å². The van der Waals surface area contributed by atoms with Gasteiger partial charge in [0, 0.05) is 11.3 Å². The van der Waals surface area contributed by atoms with Crippen molar-refractivity contribution in [1.82, 2.24) is 0 Å². The first-order chi connectivity index (χ1) is 9.40. The maximum atomic E-state index is 13.5. The van der Waals surface area contributed by atoms with Gasteiger partial charge in [0.15, 0.2) is 0 Å². The lowest BCUT2D eigenvalue weighted by molar-refractivity contribution is 0.570. The topological polar surface area (TPSA) is 72.2 Å². The van der Waals surface area contributed by atoms with Crippen LogP contribution in [0.15, 0.2) is 53.4 Å². The third kappa shape index (κ3) is 3.12. The van der Waals surface area contributed by atoms with Crippen LogP contribution in [-0.4, -0.2) is 13.4 Å². The Balaban J connectivity index is 2.29. The van der Waals surface area contributed by atoms with Crippen molar-refractivity contribution in [2.75, 3.05) is 4.72 Å². The third-order valence-corrected chi connectivity index (χ3v) is 4.20. The van der Waals surface area contributed by atoms with Crippen LogP contribution >= 0.6 is 12.2 Å². The van der Waals surface area contributed by atoms with Crippen molar-refractivity contribution in [2.45, 2.75) is 4.90 Å². The molecule has 0 fully saturated rings. The second kappa shape index (κ2) is 5.56. The number of hydrogen-bond acceptors (Lipinski definition) is 3. The molecule has 0 bridgehead atoms. The van der Waals surface area contributed by atoms with E-state index in [2.05, 4.69) is 4.72 Å². The number of nitrogens with two attached hydrogens (primary N) is 1. The van der Waals surface area contributed by atoms with Crippen molar-refractivity contribution in [2.24, 2.45) is 5.73 Å². The van der Waals surface area contributed by atoms with Crippen LogP contribution in [0.5, 0.6) is 0 Å². The molecular formula is C13H11FN2O2S2. The van der Waals surface area contributed by atoms with E-state index in [1.807, 2.05) is 0 Å². The van der Waals surface area contributed by atoms with Crippen molar-refractivity contribution in [3.63, 3.8) is 0 Å². The Bertz CT molecular complexity index is 743. The average Bonchev–Trinajstić information content (AvgIpc) is 2.39. The minimum absolute atomic E-state index is 0.216. The zero-order valence-electron chi connectivity index (χ0n) is 10.2. The molecule has 0 amide bonds. The summed E-state index contributed by atoms with van der Waals surface area (Å²) in [6, 6.07) is 11.3. The van der Waals surface area contributed by atoms with E-state index >= 15 is 0 Å². The summed E-state index contributed by atoms with van der Waals surface area (Å²) in [7, 11) is -3.97. The zero-order valence-corrected chi connectivity index (χ0v) is 11.8. The molecule has 0 saturated heterocycles. The Morgan fingerprint density at radius 3 is 2.25 bits per heavy atom. The number of hydrogen-bond donors (Lipinski definition) is 2. The predicted octanol–water partition coefficient (Wildman–Crippen LogP) is 2.26. The molecule has 104 valence electrons. The molecule has 4 nitrogen and oxygen atoms in total. The van der Waals surface area contributed by atoms with Gasteiger partial charge in [-0.15, -0.1) is 0 Å². The molecule has 7 heteroatoms. The van der Waals surface area contributed by atoms with Gasteiger partial charge in [-0.2, -0.15) is 0 Å². The highest BCUT2D eigenvalue weighted by atomic mass is 32.2. The second-order valence-corrected chi connectivity index (χ2v) is 6.07. The Kier molecular flexibility index (Phi) is 4.01. The fourth-order valence-electron chi connectivity index (χ4n) is 1.58. The summed E-state index contributed by atoms with van der Waals surface area (Å²) < 4.78 is 39.9. The second-order valence-electron chi connectivity index (χ2n) is 3.98. The number of halogens is 1. The van der Waals surface area contributed by atoms with Crippen LogP contribution in [0.4, 0.5) is 10.1 Å². The molecule has 0 saturated carbocycles. The molecule has 0 heterocycles. The first-order valence-electron chi connectivity index (χ1n) is 5.57. The Hall–Kier alpha value is -1.99. The monoisotopic (exact) mass is 310 g/mol. The van der Waals surface area contributed by atoms with E-state index in [0.717, 1.165) is 6.07 Å². The van der Waals surface area contributed by atoms with Gasteiger partial charge in [0.2, 0.25) is 0 Å². The van der Waals surface area contributed by atoms with E-state index in [-0.39, 0.29) is 4.99 Å². The quantitative estimate of drug-likeness (QED) is 0.850. The minimum atomic E-state index is -3.97. The van der Waals surface area contributed by atoms with Crippen LogP contribution in [0.25, 0.3) is 0 Å². The number of sulfonamides is 1. The maximum absolute atomic E-state index is 13.5. The maximum Gasteiger partial charge on any atom is 0.264 e. The highest BCUT2D eigenvalue weighted by Gasteiger charge is 2.18. The molecule has 0 aliphatic rings. The molecule has 0 spiro atoms. The highest BCUT2D eigenvalue weighted by molar-refractivity contribution is 7.92. The van der Waals surface area contributed by atoms with Gasteiger partial charge >= 0.3 is 0 Å². The lowest BCUT2D eigenvalue weighted by atomic mass is 10.2. The molecule has 0 radical (unpaired) electrons. The summed E-state index contributed by atoms with van der Waals surface area (Å²) in [4.78, 5) is -0.188. The lowest BCUT2D eigenvalue weighted by Crippen LogP contribution is -2.15. The van der Waals surface area contributed by atoms with Crippen molar-refractivity contribution in [3.8, 4) is 0 Å². The number of thiocarbonyl (C=S) groups is 1. The van der Waals surface area contributed by atoms with Crippen LogP contribution in [-0.2, 0) is 10.0 Å². The molecule has 2 aromatic rings. The van der Waals surface area contributed by atoms with E-state index < -0.39 is 20.7 Å². The number of rotatable bonds is 4. The van der Waals surface area contributed by atoms with Gasteiger partial charge < -0.3 is 5.73 Å². The third-order valence-electron chi connectivity index (χ3n) is 2.55.